The van der Waals surface area contributed by atoms with Gasteiger partial charge in [0.1, 0.15) is 0 Å². The molecule has 35 valence electrons. The average Bonchev–Trinajstić information content (AvgIpc) is 1.35. The monoisotopic (exact) mass is 85.1 g/mol. The molecule has 0 bridgehead atoms. The smallest absolute Gasteiger partial charge is 0.0575 e. The summed E-state index contributed by atoms with van der Waals surface area (Å²) in [5, 5.41) is 8.37. The van der Waals surface area contributed by atoms with E-state index in [9.17, 15) is 0 Å². The van der Waals surface area contributed by atoms with Gasteiger partial charge in [0.25, 0.3) is 0 Å². The van der Waals surface area contributed by atoms with Gasteiger partial charge in [-0.3, -0.25) is 0 Å². The van der Waals surface area contributed by atoms with E-state index in [-0.39, 0.29) is 0 Å². The van der Waals surface area contributed by atoms with Crippen molar-refractivity contribution < 1.29 is 5.11 Å². The van der Waals surface area contributed by atoms with Crippen molar-refractivity contribution in [1.82, 2.24) is 0 Å². The fourth-order valence-corrected chi connectivity index (χ4v) is 0.192. The second-order valence-electron chi connectivity index (χ2n) is 1.18. The minimum Gasteiger partial charge on any atom is -0.393 e. The molecular formula is C5H9O. The molecule has 0 fully saturated rings. The fourth-order valence-electron chi connectivity index (χ4n) is 0.192. The highest BCUT2D eigenvalue weighted by molar-refractivity contribution is 4.72. The molecule has 0 aliphatic heterocycles. The summed E-state index contributed by atoms with van der Waals surface area (Å²) in [5.74, 6) is 0. The highest BCUT2D eigenvalue weighted by atomic mass is 16.3. The zero-order valence-corrected chi connectivity index (χ0v) is 3.72. The molecule has 0 amide bonds. The van der Waals surface area contributed by atoms with Crippen molar-refractivity contribution in [3.8, 4) is 0 Å². The lowest BCUT2D eigenvalue weighted by molar-refractivity contribution is 0.224. The number of aliphatic hydroxyl groups is 1. The summed E-state index contributed by atoms with van der Waals surface area (Å²) in [6.07, 6.45) is 1.75. The van der Waals surface area contributed by atoms with Crippen LogP contribution in [0.5, 0.6) is 0 Å². The van der Waals surface area contributed by atoms with E-state index in [1.807, 2.05) is 0 Å². The van der Waals surface area contributed by atoms with Gasteiger partial charge in [-0.1, -0.05) is 6.08 Å². The highest BCUT2D eigenvalue weighted by Crippen LogP contribution is 1.85. The van der Waals surface area contributed by atoms with Gasteiger partial charge in [0.15, 0.2) is 0 Å². The Morgan fingerprint density at radius 3 is 2.33 bits per heavy atom. The molecular weight excluding hydrogens is 76.1 g/mol. The Balaban J connectivity index is 2.81. The molecule has 0 heterocycles. The summed E-state index contributed by atoms with van der Waals surface area (Å²) in [6, 6.07) is 0. The van der Waals surface area contributed by atoms with E-state index in [4.69, 9.17) is 5.11 Å². The zero-order chi connectivity index (χ0) is 4.99. The van der Waals surface area contributed by atoms with E-state index in [1.165, 1.54) is 0 Å². The third-order valence-electron chi connectivity index (χ3n) is 0.439. The lowest BCUT2D eigenvalue weighted by Crippen LogP contribution is -1.94. The van der Waals surface area contributed by atoms with Gasteiger partial charge in [0.2, 0.25) is 0 Å². The minimum atomic E-state index is -0.470. The Morgan fingerprint density at radius 2 is 2.33 bits per heavy atom. The maximum absolute atomic E-state index is 8.37. The van der Waals surface area contributed by atoms with Gasteiger partial charge in [0, 0.05) is 0 Å². The van der Waals surface area contributed by atoms with Crippen molar-refractivity contribution in [2.45, 2.75) is 12.5 Å². The summed E-state index contributed by atoms with van der Waals surface area (Å²) in [5.41, 5.74) is 0. The van der Waals surface area contributed by atoms with E-state index in [0.29, 0.717) is 6.42 Å². The summed E-state index contributed by atoms with van der Waals surface area (Å²) in [6.45, 7) is 6.71. The second-order valence-corrected chi connectivity index (χ2v) is 1.18. The maximum atomic E-state index is 8.37. The molecule has 1 nitrogen and oxygen atoms in total. The number of hydrogen-bond acceptors (Lipinski definition) is 1. The molecule has 0 aromatic rings. The lowest BCUT2D eigenvalue weighted by atomic mass is 10.3. The molecule has 1 radical (unpaired) electrons. The third-order valence-corrected chi connectivity index (χ3v) is 0.439. The summed E-state index contributed by atoms with van der Waals surface area (Å²) in [4.78, 5) is 0. The average molecular weight is 85.1 g/mol. The van der Waals surface area contributed by atoms with E-state index >= 15 is 0 Å². The largest absolute Gasteiger partial charge is 0.393 e. The van der Waals surface area contributed by atoms with Gasteiger partial charge in [-0.15, -0.1) is 6.58 Å². The third kappa shape index (κ3) is 3.70. The highest BCUT2D eigenvalue weighted by Gasteiger charge is 1.84. The Labute approximate surface area is 38.3 Å². The van der Waals surface area contributed by atoms with Gasteiger partial charge in [-0.05, 0) is 13.3 Å². The van der Waals surface area contributed by atoms with Gasteiger partial charge < -0.3 is 5.11 Å². The van der Waals surface area contributed by atoms with E-state index < -0.39 is 6.10 Å². The van der Waals surface area contributed by atoms with Gasteiger partial charge in [-0.25, -0.2) is 0 Å². The first-order chi connectivity index (χ1) is 2.77. The molecule has 0 aromatic carbocycles. The fraction of sp³-hybridized carbons (Fsp3) is 0.400. The van der Waals surface area contributed by atoms with Crippen molar-refractivity contribution in [2.24, 2.45) is 0 Å². The SMILES string of the molecule is [CH2][C@@H](O)CC=C. The van der Waals surface area contributed by atoms with E-state index in [2.05, 4.69) is 13.5 Å². The van der Waals surface area contributed by atoms with Crippen LogP contribution in [0.2, 0.25) is 0 Å². The first-order valence-electron chi connectivity index (χ1n) is 1.89. The number of aliphatic hydroxyl groups excluding tert-OH is 1. The van der Waals surface area contributed by atoms with Crippen LogP contribution < -0.4 is 0 Å². The number of rotatable bonds is 2. The van der Waals surface area contributed by atoms with Crippen LogP contribution in [0, 0.1) is 6.92 Å². The van der Waals surface area contributed by atoms with Crippen LogP contribution >= 0.6 is 0 Å². The molecule has 0 saturated carbocycles. The predicted molar refractivity (Wildman–Crippen MR) is 26.2 cm³/mol. The van der Waals surface area contributed by atoms with Crippen molar-refractivity contribution in [2.75, 3.05) is 0 Å². The first kappa shape index (κ1) is 5.70. The molecule has 0 spiro atoms. The van der Waals surface area contributed by atoms with Crippen LogP contribution in [-0.2, 0) is 0 Å². The molecule has 0 aliphatic rings. The quantitative estimate of drug-likeness (QED) is 0.491. The Bertz CT molecular complexity index is 39.2. The molecule has 1 N–H and O–H groups in total. The molecule has 1 atom stereocenters. The van der Waals surface area contributed by atoms with Crippen LogP contribution in [0.15, 0.2) is 12.7 Å². The van der Waals surface area contributed by atoms with Crippen molar-refractivity contribution in [3.05, 3.63) is 19.6 Å². The van der Waals surface area contributed by atoms with Crippen LogP contribution in [0.4, 0.5) is 0 Å². The van der Waals surface area contributed by atoms with Crippen LogP contribution in [0.1, 0.15) is 6.42 Å². The zero-order valence-electron chi connectivity index (χ0n) is 3.72. The van der Waals surface area contributed by atoms with Crippen molar-refractivity contribution in [1.29, 1.82) is 0 Å². The summed E-state index contributed by atoms with van der Waals surface area (Å²) >= 11 is 0. The molecule has 0 aliphatic carbocycles. The standard InChI is InChI=1S/C5H9O/c1-3-4-5(2)6/h3,5-6H,1-2,4H2/t5-/m1/s1. The maximum Gasteiger partial charge on any atom is 0.0575 e. The van der Waals surface area contributed by atoms with E-state index in [1.54, 1.807) is 6.08 Å². The van der Waals surface area contributed by atoms with Crippen LogP contribution in [-0.4, -0.2) is 11.2 Å². The van der Waals surface area contributed by atoms with Gasteiger partial charge >= 0.3 is 0 Å². The van der Waals surface area contributed by atoms with Gasteiger partial charge in [-0.2, -0.15) is 0 Å². The Hall–Kier alpha value is -0.300. The van der Waals surface area contributed by atoms with Gasteiger partial charge in [0.05, 0.1) is 6.10 Å². The molecule has 0 aromatic heterocycles. The topological polar surface area (TPSA) is 20.2 Å². The summed E-state index contributed by atoms with van der Waals surface area (Å²) < 4.78 is 0. The minimum absolute atomic E-state index is 0.470. The normalized spacial score (nSPS) is 13.7. The summed E-state index contributed by atoms with van der Waals surface area (Å²) in [7, 11) is 0. The van der Waals surface area contributed by atoms with Crippen LogP contribution in [0.3, 0.4) is 0 Å². The molecule has 1 heteroatoms. The predicted octanol–water partition coefficient (Wildman–Crippen LogP) is 0.757. The lowest BCUT2D eigenvalue weighted by Gasteiger charge is -1.92. The molecule has 0 saturated heterocycles. The molecule has 6 heavy (non-hydrogen) atoms. The number of hydrogen-bond donors (Lipinski definition) is 1. The molecule has 0 unspecified atom stereocenters. The first-order valence-corrected chi connectivity index (χ1v) is 1.89. The van der Waals surface area contributed by atoms with Crippen molar-refractivity contribution in [3.63, 3.8) is 0 Å². The molecule has 0 rings (SSSR count). The second kappa shape index (κ2) is 2.91. The van der Waals surface area contributed by atoms with E-state index in [0.717, 1.165) is 0 Å². The Morgan fingerprint density at radius 1 is 1.83 bits per heavy atom. The van der Waals surface area contributed by atoms with Crippen LogP contribution in [0.25, 0.3) is 0 Å². The van der Waals surface area contributed by atoms with Crippen molar-refractivity contribution >= 4 is 0 Å². The Kier molecular flexibility index (Phi) is 2.77.